The van der Waals surface area contributed by atoms with Crippen LogP contribution in [0.15, 0.2) is 4.99 Å². The van der Waals surface area contributed by atoms with Gasteiger partial charge in [0.15, 0.2) is 5.96 Å². The van der Waals surface area contributed by atoms with E-state index in [0.29, 0.717) is 25.2 Å². The van der Waals surface area contributed by atoms with E-state index in [9.17, 15) is 0 Å². The Labute approximate surface area is 98.0 Å². The molecule has 0 aromatic carbocycles. The third-order valence-electron chi connectivity index (χ3n) is 2.96. The highest BCUT2D eigenvalue weighted by molar-refractivity contribution is 5.77. The maximum absolute atomic E-state index is 5.72. The van der Waals surface area contributed by atoms with Crippen LogP contribution < -0.4 is 11.1 Å². The van der Waals surface area contributed by atoms with Gasteiger partial charge < -0.3 is 15.8 Å². The first-order valence-corrected chi connectivity index (χ1v) is 5.89. The van der Waals surface area contributed by atoms with E-state index in [1.165, 1.54) is 12.8 Å². The highest BCUT2D eigenvalue weighted by Crippen LogP contribution is 2.26. The lowest BCUT2D eigenvalue weighted by atomic mass is 10.3. The Morgan fingerprint density at radius 3 is 2.88 bits per heavy atom. The fourth-order valence-corrected chi connectivity index (χ4v) is 1.54. The summed E-state index contributed by atoms with van der Waals surface area (Å²) in [5, 5.41) is 3.01. The minimum atomic E-state index is 0.454. The van der Waals surface area contributed by atoms with Gasteiger partial charge in [0, 0.05) is 25.7 Å². The number of guanidine groups is 1. The third-order valence-corrected chi connectivity index (χ3v) is 2.96. The molecule has 0 aliphatic heterocycles. The van der Waals surface area contributed by atoms with Crippen molar-refractivity contribution in [3.63, 3.8) is 0 Å². The SMILES string of the molecule is COCCNC(N)=NC[C@H](C)N(C)C1CC1. The monoisotopic (exact) mass is 228 g/mol. The molecule has 3 N–H and O–H groups in total. The van der Waals surface area contributed by atoms with Crippen molar-refractivity contribution >= 4 is 5.96 Å². The Bertz CT molecular complexity index is 228. The predicted molar refractivity (Wildman–Crippen MR) is 66.6 cm³/mol. The van der Waals surface area contributed by atoms with Crippen LogP contribution in [-0.4, -0.2) is 56.8 Å². The highest BCUT2D eigenvalue weighted by atomic mass is 16.5. The summed E-state index contributed by atoms with van der Waals surface area (Å²) in [6.07, 6.45) is 2.65. The molecule has 0 aromatic heterocycles. The molecule has 1 rings (SSSR count). The van der Waals surface area contributed by atoms with Crippen LogP contribution in [0, 0.1) is 0 Å². The van der Waals surface area contributed by atoms with Gasteiger partial charge in [-0.3, -0.25) is 9.89 Å². The molecule has 0 unspecified atom stereocenters. The van der Waals surface area contributed by atoms with Gasteiger partial charge >= 0.3 is 0 Å². The van der Waals surface area contributed by atoms with E-state index >= 15 is 0 Å². The fourth-order valence-electron chi connectivity index (χ4n) is 1.54. The van der Waals surface area contributed by atoms with Crippen LogP contribution in [0.4, 0.5) is 0 Å². The molecule has 1 aliphatic rings. The van der Waals surface area contributed by atoms with E-state index in [1.54, 1.807) is 7.11 Å². The summed E-state index contributed by atoms with van der Waals surface area (Å²) < 4.78 is 4.91. The van der Waals surface area contributed by atoms with Crippen molar-refractivity contribution in [2.45, 2.75) is 31.8 Å². The van der Waals surface area contributed by atoms with Gasteiger partial charge in [0.05, 0.1) is 13.2 Å². The highest BCUT2D eigenvalue weighted by Gasteiger charge is 2.28. The second-order valence-corrected chi connectivity index (χ2v) is 4.39. The molecule has 1 fully saturated rings. The summed E-state index contributed by atoms with van der Waals surface area (Å²) in [5.41, 5.74) is 5.72. The topological polar surface area (TPSA) is 62.9 Å². The summed E-state index contributed by atoms with van der Waals surface area (Å²) in [4.78, 5) is 6.69. The molecule has 0 radical (unpaired) electrons. The summed E-state index contributed by atoms with van der Waals surface area (Å²) in [5.74, 6) is 0.507. The maximum Gasteiger partial charge on any atom is 0.188 e. The largest absolute Gasteiger partial charge is 0.383 e. The standard InChI is InChI=1S/C11H24N4O/c1-9(15(2)10-4-5-10)8-14-11(12)13-6-7-16-3/h9-10H,4-8H2,1-3H3,(H3,12,13,14)/t9-/m0/s1. The van der Waals surface area contributed by atoms with E-state index in [1.807, 2.05) is 0 Å². The van der Waals surface area contributed by atoms with Crippen LogP contribution in [0.25, 0.3) is 0 Å². The number of hydrogen-bond acceptors (Lipinski definition) is 3. The van der Waals surface area contributed by atoms with Crippen molar-refractivity contribution < 1.29 is 4.74 Å². The Morgan fingerprint density at radius 1 is 1.62 bits per heavy atom. The summed E-state index contributed by atoms with van der Waals surface area (Å²) in [6, 6.07) is 1.23. The van der Waals surface area contributed by atoms with Gasteiger partial charge in [0.1, 0.15) is 0 Å². The van der Waals surface area contributed by atoms with Crippen molar-refractivity contribution in [2.75, 3.05) is 33.9 Å². The second-order valence-electron chi connectivity index (χ2n) is 4.39. The normalized spacial score (nSPS) is 18.9. The van der Waals surface area contributed by atoms with Gasteiger partial charge in [0.2, 0.25) is 0 Å². The number of hydrogen-bond donors (Lipinski definition) is 2. The van der Waals surface area contributed by atoms with E-state index in [-0.39, 0.29) is 0 Å². The molecule has 16 heavy (non-hydrogen) atoms. The number of nitrogens with zero attached hydrogens (tertiary/aromatic N) is 2. The lowest BCUT2D eigenvalue weighted by Crippen LogP contribution is -2.37. The number of rotatable bonds is 7. The number of aliphatic imine (C=N–C) groups is 1. The summed E-state index contributed by atoms with van der Waals surface area (Å²) in [6.45, 7) is 4.29. The Morgan fingerprint density at radius 2 is 2.31 bits per heavy atom. The smallest absolute Gasteiger partial charge is 0.188 e. The maximum atomic E-state index is 5.72. The molecule has 1 aliphatic carbocycles. The molecule has 0 bridgehead atoms. The average molecular weight is 228 g/mol. The summed E-state index contributed by atoms with van der Waals surface area (Å²) in [7, 11) is 3.83. The summed E-state index contributed by atoms with van der Waals surface area (Å²) >= 11 is 0. The Hall–Kier alpha value is -0.810. The molecular formula is C11H24N4O. The zero-order chi connectivity index (χ0) is 12.0. The lowest BCUT2D eigenvalue weighted by molar-refractivity contribution is 0.203. The van der Waals surface area contributed by atoms with Crippen molar-refractivity contribution in [3.8, 4) is 0 Å². The molecule has 0 saturated heterocycles. The van der Waals surface area contributed by atoms with Crippen molar-refractivity contribution in [3.05, 3.63) is 0 Å². The van der Waals surface area contributed by atoms with Crippen LogP contribution >= 0.6 is 0 Å². The van der Waals surface area contributed by atoms with Gasteiger partial charge in [-0.25, -0.2) is 0 Å². The predicted octanol–water partition coefficient (Wildman–Crippen LogP) is 0.0198. The van der Waals surface area contributed by atoms with Crippen LogP contribution in [-0.2, 0) is 4.74 Å². The van der Waals surface area contributed by atoms with E-state index < -0.39 is 0 Å². The zero-order valence-corrected chi connectivity index (χ0v) is 10.6. The molecule has 0 amide bonds. The Balaban J connectivity index is 2.17. The van der Waals surface area contributed by atoms with Crippen molar-refractivity contribution in [2.24, 2.45) is 10.7 Å². The molecule has 1 saturated carbocycles. The van der Waals surface area contributed by atoms with Gasteiger partial charge in [-0.15, -0.1) is 0 Å². The van der Waals surface area contributed by atoms with Crippen molar-refractivity contribution in [1.82, 2.24) is 10.2 Å². The molecule has 94 valence electrons. The van der Waals surface area contributed by atoms with E-state index in [4.69, 9.17) is 10.5 Å². The van der Waals surface area contributed by atoms with Crippen LogP contribution in [0.2, 0.25) is 0 Å². The molecule has 1 atom stereocenters. The third kappa shape index (κ3) is 4.81. The second kappa shape index (κ2) is 6.70. The fraction of sp³-hybridized carbons (Fsp3) is 0.909. The lowest BCUT2D eigenvalue weighted by Gasteiger charge is -2.22. The van der Waals surface area contributed by atoms with Gasteiger partial charge in [-0.05, 0) is 26.8 Å². The average Bonchev–Trinajstić information content (AvgIpc) is 3.09. The van der Waals surface area contributed by atoms with Gasteiger partial charge in [0.25, 0.3) is 0 Å². The molecule has 0 heterocycles. The molecule has 0 spiro atoms. The van der Waals surface area contributed by atoms with Gasteiger partial charge in [-0.2, -0.15) is 0 Å². The van der Waals surface area contributed by atoms with Crippen LogP contribution in [0.5, 0.6) is 0 Å². The Kier molecular flexibility index (Phi) is 5.55. The molecule has 5 heteroatoms. The molecule has 0 aromatic rings. The number of likely N-dealkylation sites (N-methyl/N-ethyl adjacent to an activating group) is 1. The first-order valence-electron chi connectivity index (χ1n) is 5.89. The first kappa shape index (κ1) is 13.3. The molecular weight excluding hydrogens is 204 g/mol. The minimum absolute atomic E-state index is 0.454. The first-order chi connectivity index (χ1) is 7.65. The quantitative estimate of drug-likeness (QED) is 0.366. The number of nitrogens with two attached hydrogens (primary N) is 1. The number of nitrogens with one attached hydrogen (secondary N) is 1. The van der Waals surface area contributed by atoms with Crippen LogP contribution in [0.3, 0.4) is 0 Å². The van der Waals surface area contributed by atoms with E-state index in [0.717, 1.165) is 12.6 Å². The van der Waals surface area contributed by atoms with E-state index in [2.05, 4.69) is 29.2 Å². The van der Waals surface area contributed by atoms with Crippen LogP contribution in [0.1, 0.15) is 19.8 Å². The van der Waals surface area contributed by atoms with Crippen molar-refractivity contribution in [1.29, 1.82) is 0 Å². The number of ether oxygens (including phenoxy) is 1. The zero-order valence-electron chi connectivity index (χ0n) is 10.6. The minimum Gasteiger partial charge on any atom is -0.383 e. The molecule has 5 nitrogen and oxygen atoms in total. The van der Waals surface area contributed by atoms with Gasteiger partial charge in [-0.1, -0.05) is 0 Å². The number of methoxy groups -OCH3 is 1.